The van der Waals surface area contributed by atoms with Crippen LogP contribution in [0.1, 0.15) is 38.5 Å². The summed E-state index contributed by atoms with van der Waals surface area (Å²) in [5.74, 6) is 0.661. The van der Waals surface area contributed by atoms with Gasteiger partial charge in [0.15, 0.2) is 0 Å². The number of carbonyl (C=O) groups excluding carboxylic acids is 2. The third-order valence-electron chi connectivity index (χ3n) is 4.70. The molecular weight excluding hydrogens is 270 g/mol. The third kappa shape index (κ3) is 4.88. The van der Waals surface area contributed by atoms with Gasteiger partial charge in [-0.1, -0.05) is 12.8 Å². The van der Waals surface area contributed by atoms with Crippen LogP contribution in [0.2, 0.25) is 0 Å². The minimum atomic E-state index is -0.405. The van der Waals surface area contributed by atoms with E-state index in [0.29, 0.717) is 19.5 Å². The first-order chi connectivity index (χ1) is 10.1. The fraction of sp³-hybridized carbons (Fsp3) is 0.867. The molecule has 2 fully saturated rings. The van der Waals surface area contributed by atoms with Crippen molar-refractivity contribution in [2.45, 2.75) is 44.6 Å². The highest BCUT2D eigenvalue weighted by molar-refractivity contribution is 5.73. The van der Waals surface area contributed by atoms with E-state index >= 15 is 0 Å². The second kappa shape index (κ2) is 7.64. The number of hydrogen-bond acceptors (Lipinski definition) is 4. The summed E-state index contributed by atoms with van der Waals surface area (Å²) in [6.45, 7) is 2.19. The summed E-state index contributed by atoms with van der Waals surface area (Å²) >= 11 is 0. The van der Waals surface area contributed by atoms with E-state index in [-0.39, 0.29) is 17.9 Å². The summed E-state index contributed by atoms with van der Waals surface area (Å²) in [5, 5.41) is 3.57. The maximum absolute atomic E-state index is 11.5. The van der Waals surface area contributed by atoms with Crippen LogP contribution in [-0.2, 0) is 9.53 Å². The lowest BCUT2D eigenvalue weighted by molar-refractivity contribution is -0.142. The highest BCUT2D eigenvalue weighted by atomic mass is 16.5. The largest absolute Gasteiger partial charge is 0.469 e. The standard InChI is InChI=1S/C15H27N3O3/c1-21-14(19)7-12-6-13(10-18(9-12)15(16)20)17-8-11-4-2-3-5-11/h11-13,17H,2-10H2,1H3,(H2,16,20). The number of piperidine rings is 1. The molecule has 0 aromatic carbocycles. The van der Waals surface area contributed by atoms with Crippen molar-refractivity contribution in [2.75, 3.05) is 26.7 Å². The monoisotopic (exact) mass is 297 g/mol. The first kappa shape index (κ1) is 16.1. The minimum absolute atomic E-state index is 0.125. The second-order valence-corrected chi connectivity index (χ2v) is 6.38. The van der Waals surface area contributed by atoms with Gasteiger partial charge < -0.3 is 20.7 Å². The molecule has 6 nitrogen and oxygen atoms in total. The van der Waals surface area contributed by atoms with Crippen molar-refractivity contribution in [1.82, 2.24) is 10.2 Å². The Kier molecular flexibility index (Phi) is 5.85. The summed E-state index contributed by atoms with van der Waals surface area (Å²) in [4.78, 5) is 24.6. The molecule has 0 bridgehead atoms. The zero-order valence-electron chi connectivity index (χ0n) is 12.8. The Balaban J connectivity index is 1.85. The zero-order chi connectivity index (χ0) is 15.2. The molecule has 1 aliphatic carbocycles. The van der Waals surface area contributed by atoms with Gasteiger partial charge in [-0.3, -0.25) is 4.79 Å². The molecule has 120 valence electrons. The zero-order valence-corrected chi connectivity index (χ0v) is 12.8. The number of ether oxygens (including phenoxy) is 1. The molecule has 3 N–H and O–H groups in total. The van der Waals surface area contributed by atoms with E-state index in [1.165, 1.54) is 32.8 Å². The van der Waals surface area contributed by atoms with E-state index in [2.05, 4.69) is 5.32 Å². The van der Waals surface area contributed by atoms with Gasteiger partial charge in [-0.15, -0.1) is 0 Å². The van der Waals surface area contributed by atoms with E-state index in [1.807, 2.05) is 0 Å². The second-order valence-electron chi connectivity index (χ2n) is 6.38. The summed E-state index contributed by atoms with van der Waals surface area (Å²) < 4.78 is 4.73. The number of rotatable bonds is 5. The van der Waals surface area contributed by atoms with Crippen LogP contribution < -0.4 is 11.1 Å². The van der Waals surface area contributed by atoms with Crippen LogP contribution in [0.4, 0.5) is 4.79 Å². The molecule has 0 radical (unpaired) electrons. The molecule has 21 heavy (non-hydrogen) atoms. The molecule has 2 unspecified atom stereocenters. The van der Waals surface area contributed by atoms with Gasteiger partial charge in [0, 0.05) is 19.1 Å². The number of nitrogens with zero attached hydrogens (tertiary/aromatic N) is 1. The van der Waals surface area contributed by atoms with Crippen molar-refractivity contribution in [3.05, 3.63) is 0 Å². The molecule has 0 spiro atoms. The van der Waals surface area contributed by atoms with Gasteiger partial charge in [-0.25, -0.2) is 4.79 Å². The van der Waals surface area contributed by atoms with E-state index in [4.69, 9.17) is 10.5 Å². The number of nitrogens with one attached hydrogen (secondary N) is 1. The van der Waals surface area contributed by atoms with Crippen LogP contribution in [0.3, 0.4) is 0 Å². The van der Waals surface area contributed by atoms with Crippen LogP contribution in [0, 0.1) is 11.8 Å². The normalized spacial score (nSPS) is 26.8. The van der Waals surface area contributed by atoms with Gasteiger partial charge in [0.05, 0.1) is 13.5 Å². The van der Waals surface area contributed by atoms with E-state index in [1.54, 1.807) is 4.90 Å². The predicted molar refractivity (Wildman–Crippen MR) is 79.6 cm³/mol. The van der Waals surface area contributed by atoms with Gasteiger partial charge in [0.2, 0.25) is 0 Å². The van der Waals surface area contributed by atoms with Gasteiger partial charge in [-0.05, 0) is 37.6 Å². The molecule has 2 atom stereocenters. The number of esters is 1. The highest BCUT2D eigenvalue weighted by Crippen LogP contribution is 2.25. The molecule has 6 heteroatoms. The number of amides is 2. The van der Waals surface area contributed by atoms with E-state index < -0.39 is 6.03 Å². The fourth-order valence-corrected chi connectivity index (χ4v) is 3.55. The molecule has 2 rings (SSSR count). The summed E-state index contributed by atoms with van der Waals surface area (Å²) in [6.07, 6.45) is 6.49. The Morgan fingerprint density at radius 3 is 2.57 bits per heavy atom. The maximum Gasteiger partial charge on any atom is 0.314 e. The predicted octanol–water partition coefficient (Wildman–Crippen LogP) is 1.10. The van der Waals surface area contributed by atoms with Crippen LogP contribution in [0.25, 0.3) is 0 Å². The first-order valence-corrected chi connectivity index (χ1v) is 7.93. The first-order valence-electron chi connectivity index (χ1n) is 7.93. The summed E-state index contributed by atoms with van der Waals surface area (Å²) in [5.41, 5.74) is 5.42. The number of urea groups is 1. The van der Waals surface area contributed by atoms with Crippen LogP contribution in [0.5, 0.6) is 0 Å². The van der Waals surface area contributed by atoms with Gasteiger partial charge in [0.1, 0.15) is 0 Å². The molecule has 0 aromatic heterocycles. The number of likely N-dealkylation sites (tertiary alicyclic amines) is 1. The van der Waals surface area contributed by atoms with Crippen molar-refractivity contribution in [2.24, 2.45) is 17.6 Å². The van der Waals surface area contributed by atoms with Gasteiger partial charge >= 0.3 is 12.0 Å². The van der Waals surface area contributed by atoms with Crippen LogP contribution in [0.15, 0.2) is 0 Å². The Labute approximate surface area is 126 Å². The van der Waals surface area contributed by atoms with Crippen molar-refractivity contribution in [3.8, 4) is 0 Å². The van der Waals surface area contributed by atoms with Crippen molar-refractivity contribution in [1.29, 1.82) is 0 Å². The molecular formula is C15H27N3O3. The van der Waals surface area contributed by atoms with Crippen molar-refractivity contribution < 1.29 is 14.3 Å². The van der Waals surface area contributed by atoms with Crippen molar-refractivity contribution >= 4 is 12.0 Å². The number of hydrogen-bond donors (Lipinski definition) is 2. The van der Waals surface area contributed by atoms with E-state index in [0.717, 1.165) is 18.9 Å². The smallest absolute Gasteiger partial charge is 0.314 e. The highest BCUT2D eigenvalue weighted by Gasteiger charge is 2.31. The Morgan fingerprint density at radius 1 is 1.24 bits per heavy atom. The Morgan fingerprint density at radius 2 is 1.95 bits per heavy atom. The Hall–Kier alpha value is -1.30. The third-order valence-corrected chi connectivity index (χ3v) is 4.70. The molecule has 0 aromatic rings. The lowest BCUT2D eigenvalue weighted by atomic mass is 9.91. The molecule has 1 saturated heterocycles. The average molecular weight is 297 g/mol. The Bertz CT molecular complexity index is 369. The minimum Gasteiger partial charge on any atom is -0.469 e. The number of primary amides is 1. The molecule has 1 aliphatic heterocycles. The lowest BCUT2D eigenvalue weighted by Crippen LogP contribution is -2.53. The van der Waals surface area contributed by atoms with Gasteiger partial charge in [0.25, 0.3) is 0 Å². The average Bonchev–Trinajstić information content (AvgIpc) is 2.98. The number of methoxy groups -OCH3 is 1. The van der Waals surface area contributed by atoms with Crippen LogP contribution >= 0.6 is 0 Å². The topological polar surface area (TPSA) is 84.7 Å². The number of carbonyl (C=O) groups is 2. The summed E-state index contributed by atoms with van der Waals surface area (Å²) in [7, 11) is 1.40. The molecule has 2 amide bonds. The van der Waals surface area contributed by atoms with Crippen LogP contribution in [-0.4, -0.2) is 49.7 Å². The number of nitrogens with two attached hydrogens (primary N) is 1. The SMILES string of the molecule is COC(=O)CC1CC(NCC2CCCC2)CN(C(N)=O)C1. The molecule has 2 aliphatic rings. The van der Waals surface area contributed by atoms with Crippen molar-refractivity contribution in [3.63, 3.8) is 0 Å². The van der Waals surface area contributed by atoms with Gasteiger partial charge in [-0.2, -0.15) is 0 Å². The summed E-state index contributed by atoms with van der Waals surface area (Å²) in [6, 6.07) is -0.182. The fourth-order valence-electron chi connectivity index (χ4n) is 3.55. The molecule has 1 saturated carbocycles. The lowest BCUT2D eigenvalue weighted by Gasteiger charge is -2.37. The quantitative estimate of drug-likeness (QED) is 0.744. The maximum atomic E-state index is 11.5. The molecule has 1 heterocycles. The van der Waals surface area contributed by atoms with E-state index in [9.17, 15) is 9.59 Å².